The summed E-state index contributed by atoms with van der Waals surface area (Å²) >= 11 is 0. The van der Waals surface area contributed by atoms with E-state index >= 15 is 0 Å². The molecule has 1 saturated heterocycles. The van der Waals surface area contributed by atoms with Crippen LogP contribution in [0, 0.1) is 0 Å². The topological polar surface area (TPSA) is 72.6 Å². The molecule has 110 valence electrons. The van der Waals surface area contributed by atoms with Crippen molar-refractivity contribution in [3.05, 3.63) is 42.5 Å². The van der Waals surface area contributed by atoms with Crippen molar-refractivity contribution in [2.75, 3.05) is 26.3 Å². The van der Waals surface area contributed by atoms with Gasteiger partial charge in [-0.05, 0) is 17.7 Å². The summed E-state index contributed by atoms with van der Waals surface area (Å²) in [6.45, 7) is 6.36. The van der Waals surface area contributed by atoms with Crippen LogP contribution in [0.1, 0.15) is 5.56 Å². The molecular weight excluding hydrogens is 276 g/mol. The predicted molar refractivity (Wildman–Crippen MR) is 77.9 cm³/mol. The lowest BCUT2D eigenvalue weighted by atomic mass is 10.2. The van der Waals surface area contributed by atoms with Gasteiger partial charge in [0.15, 0.2) is 9.84 Å². The second-order valence-electron chi connectivity index (χ2n) is 4.67. The largest absolute Gasteiger partial charge is 0.379 e. The molecule has 2 rings (SSSR count). The van der Waals surface area contributed by atoms with Crippen LogP contribution < -0.4 is 5.73 Å². The molecular formula is C14H20N2O3S. The molecule has 6 heteroatoms. The minimum absolute atomic E-state index is 0.297. The van der Waals surface area contributed by atoms with Crippen LogP contribution in [-0.4, -0.2) is 45.0 Å². The highest BCUT2D eigenvalue weighted by atomic mass is 32.2. The molecule has 20 heavy (non-hydrogen) atoms. The van der Waals surface area contributed by atoms with Crippen molar-refractivity contribution >= 4 is 9.84 Å². The fourth-order valence-electron chi connectivity index (χ4n) is 2.26. The van der Waals surface area contributed by atoms with Crippen LogP contribution in [0.25, 0.3) is 0 Å². The molecule has 1 atom stereocenters. The van der Waals surface area contributed by atoms with Crippen LogP contribution in [0.2, 0.25) is 0 Å². The molecule has 0 amide bonds. The summed E-state index contributed by atoms with van der Waals surface area (Å²) in [5.41, 5.74) is 6.43. The van der Waals surface area contributed by atoms with Crippen molar-refractivity contribution in [2.24, 2.45) is 5.73 Å². The van der Waals surface area contributed by atoms with E-state index < -0.39 is 15.2 Å². The highest BCUT2D eigenvalue weighted by molar-refractivity contribution is 7.92. The summed E-state index contributed by atoms with van der Waals surface area (Å²) in [4.78, 5) is 2.17. The van der Waals surface area contributed by atoms with Crippen molar-refractivity contribution in [2.45, 2.75) is 16.8 Å². The molecule has 1 aliphatic rings. The number of sulfone groups is 1. The van der Waals surface area contributed by atoms with Crippen molar-refractivity contribution in [3.63, 3.8) is 0 Å². The Kier molecular flexibility index (Phi) is 4.93. The Labute approximate surface area is 119 Å². The molecule has 5 nitrogen and oxygen atoms in total. The lowest BCUT2D eigenvalue weighted by Gasteiger charge is -2.32. The van der Waals surface area contributed by atoms with E-state index in [1.165, 1.54) is 6.08 Å². The molecule has 1 fully saturated rings. The number of rotatable bonds is 5. The quantitative estimate of drug-likeness (QED) is 0.812. The maximum Gasteiger partial charge on any atom is 0.198 e. The maximum absolute atomic E-state index is 12.7. The number of benzene rings is 1. The van der Waals surface area contributed by atoms with Gasteiger partial charge in [-0.1, -0.05) is 18.2 Å². The lowest BCUT2D eigenvalue weighted by molar-refractivity contribution is 0.0374. The maximum atomic E-state index is 12.7. The van der Waals surface area contributed by atoms with Gasteiger partial charge in [0.2, 0.25) is 0 Å². The zero-order chi connectivity index (χ0) is 14.6. The minimum Gasteiger partial charge on any atom is -0.379 e. The van der Waals surface area contributed by atoms with Gasteiger partial charge in [0.25, 0.3) is 0 Å². The number of nitrogens with two attached hydrogens (primary N) is 1. The van der Waals surface area contributed by atoms with E-state index in [-0.39, 0.29) is 0 Å². The molecule has 0 aromatic heterocycles. The summed E-state index contributed by atoms with van der Waals surface area (Å²) in [6, 6.07) is 6.70. The van der Waals surface area contributed by atoms with Crippen molar-refractivity contribution in [1.82, 2.24) is 4.90 Å². The van der Waals surface area contributed by atoms with Crippen LogP contribution in [0.3, 0.4) is 0 Å². The SMILES string of the molecule is C=CC(N1CCOCC1)S(=O)(=O)c1ccc(CN)cc1. The Morgan fingerprint density at radius 1 is 1.30 bits per heavy atom. The van der Waals surface area contributed by atoms with Gasteiger partial charge in [-0.3, -0.25) is 4.90 Å². The first-order chi connectivity index (χ1) is 9.59. The van der Waals surface area contributed by atoms with Gasteiger partial charge in [-0.2, -0.15) is 0 Å². The minimum atomic E-state index is -3.46. The van der Waals surface area contributed by atoms with E-state index in [1.807, 2.05) is 4.90 Å². The highest BCUT2D eigenvalue weighted by Crippen LogP contribution is 2.21. The standard InChI is InChI=1S/C14H20N2O3S/c1-2-14(16-7-9-19-10-8-16)20(17,18)13-5-3-12(11-15)4-6-13/h2-6,14H,1,7-11,15H2. The summed E-state index contributed by atoms with van der Waals surface area (Å²) < 4.78 is 30.6. The zero-order valence-electron chi connectivity index (χ0n) is 11.4. The van der Waals surface area contributed by atoms with E-state index in [9.17, 15) is 8.42 Å². The van der Waals surface area contributed by atoms with Gasteiger partial charge in [-0.25, -0.2) is 8.42 Å². The smallest absolute Gasteiger partial charge is 0.198 e. The molecule has 1 aromatic carbocycles. The van der Waals surface area contributed by atoms with Crippen LogP contribution in [-0.2, 0) is 21.1 Å². The van der Waals surface area contributed by atoms with Gasteiger partial charge in [0.05, 0.1) is 18.1 Å². The monoisotopic (exact) mass is 296 g/mol. The second-order valence-corrected chi connectivity index (χ2v) is 6.71. The van der Waals surface area contributed by atoms with E-state index in [2.05, 4.69) is 6.58 Å². The summed E-state index contributed by atoms with van der Waals surface area (Å²) in [6.07, 6.45) is 1.48. The molecule has 1 heterocycles. The first-order valence-corrected chi connectivity index (χ1v) is 8.11. The Bertz CT molecular complexity index is 548. The van der Waals surface area contributed by atoms with E-state index in [0.29, 0.717) is 37.7 Å². The zero-order valence-corrected chi connectivity index (χ0v) is 12.2. The Hall–Kier alpha value is -1.21. The van der Waals surface area contributed by atoms with E-state index in [0.717, 1.165) is 5.56 Å². The number of ether oxygens (including phenoxy) is 1. The normalized spacial score (nSPS) is 18.6. The van der Waals surface area contributed by atoms with Gasteiger partial charge in [0.1, 0.15) is 5.37 Å². The summed E-state index contributed by atoms with van der Waals surface area (Å²) in [5.74, 6) is 0. The number of nitrogens with zero attached hydrogens (tertiary/aromatic N) is 1. The van der Waals surface area contributed by atoms with Crippen molar-refractivity contribution in [3.8, 4) is 0 Å². The third-order valence-electron chi connectivity index (χ3n) is 3.41. The molecule has 0 spiro atoms. The van der Waals surface area contributed by atoms with Crippen LogP contribution in [0.5, 0.6) is 0 Å². The molecule has 1 unspecified atom stereocenters. The summed E-state index contributed by atoms with van der Waals surface area (Å²) in [7, 11) is -3.46. The average Bonchev–Trinajstić information content (AvgIpc) is 2.49. The van der Waals surface area contributed by atoms with Gasteiger partial charge >= 0.3 is 0 Å². The van der Waals surface area contributed by atoms with Crippen LogP contribution >= 0.6 is 0 Å². The van der Waals surface area contributed by atoms with Crippen LogP contribution in [0.4, 0.5) is 0 Å². The first kappa shape index (κ1) is 15.2. The van der Waals surface area contributed by atoms with Gasteiger partial charge in [-0.15, -0.1) is 6.58 Å². The van der Waals surface area contributed by atoms with Gasteiger partial charge < -0.3 is 10.5 Å². The molecule has 0 radical (unpaired) electrons. The van der Waals surface area contributed by atoms with E-state index in [1.54, 1.807) is 24.3 Å². The predicted octanol–water partition coefficient (Wildman–Crippen LogP) is 0.763. The number of hydrogen-bond acceptors (Lipinski definition) is 5. The third kappa shape index (κ3) is 3.09. The first-order valence-electron chi connectivity index (χ1n) is 6.57. The van der Waals surface area contributed by atoms with Gasteiger partial charge in [0, 0.05) is 19.6 Å². The molecule has 0 saturated carbocycles. The fourth-order valence-corrected chi connectivity index (χ4v) is 3.91. The third-order valence-corrected chi connectivity index (χ3v) is 5.47. The average molecular weight is 296 g/mol. The number of morpholine rings is 1. The van der Waals surface area contributed by atoms with Crippen molar-refractivity contribution in [1.29, 1.82) is 0 Å². The number of hydrogen-bond donors (Lipinski definition) is 1. The Morgan fingerprint density at radius 3 is 2.40 bits per heavy atom. The molecule has 0 bridgehead atoms. The molecule has 1 aliphatic heterocycles. The Balaban J connectivity index is 2.27. The lowest BCUT2D eigenvalue weighted by Crippen LogP contribution is -2.46. The molecule has 0 aliphatic carbocycles. The second kappa shape index (κ2) is 6.49. The fraction of sp³-hybridized carbons (Fsp3) is 0.429. The van der Waals surface area contributed by atoms with Crippen LogP contribution in [0.15, 0.2) is 41.8 Å². The van der Waals surface area contributed by atoms with E-state index in [4.69, 9.17) is 10.5 Å². The highest BCUT2D eigenvalue weighted by Gasteiger charge is 2.31. The molecule has 1 aromatic rings. The summed E-state index contributed by atoms with van der Waals surface area (Å²) in [5, 5.41) is -0.713. The molecule has 2 N–H and O–H groups in total. The Morgan fingerprint density at radius 2 is 1.90 bits per heavy atom. The van der Waals surface area contributed by atoms with Crippen molar-refractivity contribution < 1.29 is 13.2 Å².